The second-order valence-electron chi connectivity index (χ2n) is 3.81. The van der Waals surface area contributed by atoms with E-state index < -0.39 is 5.97 Å². The Bertz CT molecular complexity index is 406. The lowest BCUT2D eigenvalue weighted by molar-refractivity contribution is -0.137. The Morgan fingerprint density at radius 2 is 2.44 bits per heavy atom. The van der Waals surface area contributed by atoms with Crippen molar-refractivity contribution in [3.63, 3.8) is 0 Å². The summed E-state index contributed by atoms with van der Waals surface area (Å²) in [4.78, 5) is 10.4. The van der Waals surface area contributed by atoms with E-state index in [0.29, 0.717) is 18.7 Å². The lowest BCUT2D eigenvalue weighted by atomic mass is 10.1. The van der Waals surface area contributed by atoms with Gasteiger partial charge in [0.05, 0.1) is 12.2 Å². The molecule has 1 unspecified atom stereocenters. The van der Waals surface area contributed by atoms with Crippen LogP contribution in [0.4, 0.5) is 11.4 Å². The number of rotatable bonds is 3. The second kappa shape index (κ2) is 4.30. The number of nitrogens with one attached hydrogen (secondary N) is 1. The van der Waals surface area contributed by atoms with Gasteiger partial charge in [-0.1, -0.05) is 0 Å². The lowest BCUT2D eigenvalue weighted by Gasteiger charge is -2.27. The molecule has 0 amide bonds. The Morgan fingerprint density at radius 1 is 1.62 bits per heavy atom. The average Bonchev–Trinajstić information content (AvgIpc) is 2.26. The Kier molecular flexibility index (Phi) is 2.85. The zero-order valence-electron chi connectivity index (χ0n) is 8.77. The van der Waals surface area contributed by atoms with E-state index in [2.05, 4.69) is 5.32 Å². The molecule has 1 aromatic rings. The standard InChI is InChI=1S/C11H14N2O3/c12-7-1-3-10-9(5-7)13-6-8(16-10)2-4-11(14)15/h1,3,5,8,13H,2,4,6,12H2,(H,14,15). The van der Waals surface area contributed by atoms with Crippen molar-refractivity contribution >= 4 is 17.3 Å². The molecule has 0 aromatic heterocycles. The third-order valence-corrected chi connectivity index (χ3v) is 2.50. The molecule has 0 saturated heterocycles. The molecule has 0 saturated carbocycles. The van der Waals surface area contributed by atoms with Gasteiger partial charge in [-0.2, -0.15) is 0 Å². The molecule has 16 heavy (non-hydrogen) atoms. The van der Waals surface area contributed by atoms with Crippen LogP contribution in [0, 0.1) is 0 Å². The van der Waals surface area contributed by atoms with Crippen LogP contribution in [0.25, 0.3) is 0 Å². The molecule has 5 heteroatoms. The van der Waals surface area contributed by atoms with Crippen molar-refractivity contribution in [1.29, 1.82) is 0 Å². The van der Waals surface area contributed by atoms with E-state index in [4.69, 9.17) is 15.6 Å². The van der Waals surface area contributed by atoms with Gasteiger partial charge in [0.25, 0.3) is 0 Å². The topological polar surface area (TPSA) is 84.6 Å². The zero-order chi connectivity index (χ0) is 11.5. The van der Waals surface area contributed by atoms with Gasteiger partial charge in [-0.3, -0.25) is 4.79 Å². The number of ether oxygens (including phenoxy) is 1. The van der Waals surface area contributed by atoms with Crippen molar-refractivity contribution in [2.75, 3.05) is 17.6 Å². The molecule has 0 fully saturated rings. The van der Waals surface area contributed by atoms with Crippen molar-refractivity contribution in [1.82, 2.24) is 0 Å². The first-order valence-electron chi connectivity index (χ1n) is 5.17. The molecular weight excluding hydrogens is 208 g/mol. The lowest BCUT2D eigenvalue weighted by Crippen LogP contribution is -2.31. The van der Waals surface area contributed by atoms with E-state index in [-0.39, 0.29) is 12.5 Å². The number of carboxylic acid groups (broad SMARTS) is 1. The molecule has 1 aromatic carbocycles. The van der Waals surface area contributed by atoms with Crippen molar-refractivity contribution < 1.29 is 14.6 Å². The van der Waals surface area contributed by atoms with Gasteiger partial charge in [-0.15, -0.1) is 0 Å². The summed E-state index contributed by atoms with van der Waals surface area (Å²) in [6, 6.07) is 5.37. The maximum atomic E-state index is 10.4. The number of nitrogen functional groups attached to an aromatic ring is 1. The van der Waals surface area contributed by atoms with Gasteiger partial charge in [0, 0.05) is 12.1 Å². The highest BCUT2D eigenvalue weighted by Gasteiger charge is 2.19. The first-order chi connectivity index (χ1) is 7.65. The highest BCUT2D eigenvalue weighted by atomic mass is 16.5. The predicted octanol–water partition coefficient (Wildman–Crippen LogP) is 1.31. The minimum atomic E-state index is -0.799. The molecule has 5 nitrogen and oxygen atoms in total. The minimum absolute atomic E-state index is 0.0905. The number of carboxylic acids is 1. The molecule has 0 radical (unpaired) electrons. The quantitative estimate of drug-likeness (QED) is 0.671. The van der Waals surface area contributed by atoms with Gasteiger partial charge in [0.15, 0.2) is 0 Å². The fourth-order valence-corrected chi connectivity index (χ4v) is 1.68. The van der Waals surface area contributed by atoms with Crippen LogP contribution in [0.3, 0.4) is 0 Å². The normalized spacial score (nSPS) is 18.1. The van der Waals surface area contributed by atoms with E-state index >= 15 is 0 Å². The molecule has 2 rings (SSSR count). The van der Waals surface area contributed by atoms with Crippen LogP contribution in [-0.4, -0.2) is 23.7 Å². The smallest absolute Gasteiger partial charge is 0.303 e. The number of hydrogen-bond acceptors (Lipinski definition) is 4. The van der Waals surface area contributed by atoms with Crippen LogP contribution in [0.2, 0.25) is 0 Å². The Hall–Kier alpha value is -1.91. The van der Waals surface area contributed by atoms with Crippen molar-refractivity contribution in [2.24, 2.45) is 0 Å². The number of aliphatic carboxylic acids is 1. The average molecular weight is 222 g/mol. The first kappa shape index (κ1) is 10.6. The maximum absolute atomic E-state index is 10.4. The number of fused-ring (bicyclic) bond motifs is 1. The van der Waals surface area contributed by atoms with Crippen LogP contribution in [-0.2, 0) is 4.79 Å². The maximum Gasteiger partial charge on any atom is 0.303 e. The van der Waals surface area contributed by atoms with Crippen LogP contribution < -0.4 is 15.8 Å². The van der Waals surface area contributed by atoms with E-state index in [1.54, 1.807) is 12.1 Å². The summed E-state index contributed by atoms with van der Waals surface area (Å²) in [5, 5.41) is 11.8. The molecule has 1 aliphatic rings. The Labute approximate surface area is 93.2 Å². The molecule has 1 atom stereocenters. The molecule has 4 N–H and O–H groups in total. The predicted molar refractivity (Wildman–Crippen MR) is 60.6 cm³/mol. The summed E-state index contributed by atoms with van der Waals surface area (Å²) in [7, 11) is 0. The summed E-state index contributed by atoms with van der Waals surface area (Å²) >= 11 is 0. The van der Waals surface area contributed by atoms with E-state index in [9.17, 15) is 4.79 Å². The van der Waals surface area contributed by atoms with Gasteiger partial charge in [0.1, 0.15) is 11.9 Å². The second-order valence-corrected chi connectivity index (χ2v) is 3.81. The number of nitrogens with two attached hydrogens (primary N) is 1. The first-order valence-corrected chi connectivity index (χ1v) is 5.17. The number of carbonyl (C=O) groups is 1. The van der Waals surface area contributed by atoms with E-state index in [0.717, 1.165) is 11.4 Å². The molecule has 86 valence electrons. The van der Waals surface area contributed by atoms with Crippen molar-refractivity contribution in [2.45, 2.75) is 18.9 Å². The van der Waals surface area contributed by atoms with Gasteiger partial charge in [-0.05, 0) is 24.6 Å². The number of benzene rings is 1. The van der Waals surface area contributed by atoms with Gasteiger partial charge >= 0.3 is 5.97 Å². The highest BCUT2D eigenvalue weighted by molar-refractivity contribution is 5.67. The van der Waals surface area contributed by atoms with Crippen LogP contribution in [0.15, 0.2) is 18.2 Å². The summed E-state index contributed by atoms with van der Waals surface area (Å²) in [5.74, 6) is -0.0671. The van der Waals surface area contributed by atoms with E-state index in [1.807, 2.05) is 6.07 Å². The molecule has 0 aliphatic carbocycles. The van der Waals surface area contributed by atoms with Crippen LogP contribution in [0.5, 0.6) is 5.75 Å². The summed E-state index contributed by atoms with van der Waals surface area (Å²) in [5.41, 5.74) is 7.19. The van der Waals surface area contributed by atoms with E-state index in [1.165, 1.54) is 0 Å². The Balaban J connectivity index is 2.01. The molecule has 1 aliphatic heterocycles. The van der Waals surface area contributed by atoms with Gasteiger partial charge < -0.3 is 20.9 Å². The van der Waals surface area contributed by atoms with Crippen LogP contribution in [0.1, 0.15) is 12.8 Å². The molecule has 1 heterocycles. The van der Waals surface area contributed by atoms with Crippen LogP contribution >= 0.6 is 0 Å². The van der Waals surface area contributed by atoms with Crippen molar-refractivity contribution in [3.05, 3.63) is 18.2 Å². The fraction of sp³-hybridized carbons (Fsp3) is 0.364. The number of anilines is 2. The summed E-state index contributed by atoms with van der Waals surface area (Å²) < 4.78 is 5.66. The SMILES string of the molecule is Nc1ccc2c(c1)NCC(CCC(=O)O)O2. The van der Waals surface area contributed by atoms with Gasteiger partial charge in [0.2, 0.25) is 0 Å². The number of hydrogen-bond donors (Lipinski definition) is 3. The molecular formula is C11H14N2O3. The molecule has 0 bridgehead atoms. The van der Waals surface area contributed by atoms with Crippen molar-refractivity contribution in [3.8, 4) is 5.75 Å². The third kappa shape index (κ3) is 2.36. The largest absolute Gasteiger partial charge is 0.486 e. The fourth-order valence-electron chi connectivity index (χ4n) is 1.68. The summed E-state index contributed by atoms with van der Waals surface area (Å²) in [6.45, 7) is 0.615. The third-order valence-electron chi connectivity index (χ3n) is 2.50. The zero-order valence-corrected chi connectivity index (χ0v) is 8.77. The Morgan fingerprint density at radius 3 is 3.19 bits per heavy atom. The molecule has 0 spiro atoms. The highest BCUT2D eigenvalue weighted by Crippen LogP contribution is 2.31. The van der Waals surface area contributed by atoms with Gasteiger partial charge in [-0.25, -0.2) is 0 Å². The monoisotopic (exact) mass is 222 g/mol. The summed E-state index contributed by atoms with van der Waals surface area (Å²) in [6.07, 6.45) is 0.537. The minimum Gasteiger partial charge on any atom is -0.486 e.